The van der Waals surface area contributed by atoms with E-state index in [-0.39, 0.29) is 36.1 Å². The molecule has 3 N–H and O–H groups in total. The van der Waals surface area contributed by atoms with Gasteiger partial charge in [-0.1, -0.05) is 31.9 Å². The van der Waals surface area contributed by atoms with Crippen molar-refractivity contribution < 1.29 is 9.59 Å². The van der Waals surface area contributed by atoms with E-state index in [1.54, 1.807) is 0 Å². The third kappa shape index (κ3) is 6.13. The molecule has 1 aromatic rings. The van der Waals surface area contributed by atoms with E-state index < -0.39 is 0 Å². The quantitative estimate of drug-likeness (QED) is 0.705. The molecule has 0 spiro atoms. The average Bonchev–Trinajstić information content (AvgIpc) is 3.08. The van der Waals surface area contributed by atoms with Gasteiger partial charge in [0.15, 0.2) is 0 Å². The van der Waals surface area contributed by atoms with Crippen LogP contribution in [0.25, 0.3) is 0 Å². The molecule has 1 atom stereocenters. The van der Waals surface area contributed by atoms with Gasteiger partial charge in [-0.15, -0.1) is 12.4 Å². The minimum absolute atomic E-state index is 0. The molecule has 0 aliphatic heterocycles. The first-order valence-electron chi connectivity index (χ1n) is 8.42. The Morgan fingerprint density at radius 2 is 1.96 bits per heavy atom. The highest BCUT2D eigenvalue weighted by atomic mass is 35.5. The molecule has 0 bridgehead atoms. The van der Waals surface area contributed by atoms with E-state index in [0.717, 1.165) is 36.9 Å². The number of carbonyl (C=O) groups is 2. The molecule has 1 aliphatic rings. The Morgan fingerprint density at radius 1 is 1.25 bits per heavy atom. The molecule has 1 fully saturated rings. The highest BCUT2D eigenvalue weighted by Gasteiger charge is 2.22. The third-order valence-electron chi connectivity index (χ3n) is 4.35. The van der Waals surface area contributed by atoms with Crippen molar-refractivity contribution in [2.45, 2.75) is 39.2 Å². The Balaban J connectivity index is 0.00000288. The highest BCUT2D eigenvalue weighted by molar-refractivity contribution is 5.92. The molecule has 24 heavy (non-hydrogen) atoms. The molecule has 1 aromatic carbocycles. The molecule has 6 heteroatoms. The van der Waals surface area contributed by atoms with Gasteiger partial charge in [0.25, 0.3) is 0 Å². The van der Waals surface area contributed by atoms with Crippen LogP contribution in [0.15, 0.2) is 24.3 Å². The van der Waals surface area contributed by atoms with E-state index in [2.05, 4.69) is 16.0 Å². The normalized spacial score (nSPS) is 15.4. The van der Waals surface area contributed by atoms with Gasteiger partial charge >= 0.3 is 0 Å². The van der Waals surface area contributed by atoms with Crippen LogP contribution in [-0.4, -0.2) is 25.4 Å². The highest BCUT2D eigenvalue weighted by Crippen LogP contribution is 2.26. The first kappa shape index (κ1) is 20.5. The average molecular weight is 354 g/mol. The van der Waals surface area contributed by atoms with Crippen molar-refractivity contribution in [2.24, 2.45) is 11.8 Å². The molecule has 0 radical (unpaired) electrons. The van der Waals surface area contributed by atoms with Crippen LogP contribution < -0.4 is 16.0 Å². The number of rotatable bonds is 7. The summed E-state index contributed by atoms with van der Waals surface area (Å²) in [6, 6.07) is 7.68. The van der Waals surface area contributed by atoms with E-state index >= 15 is 0 Å². The topological polar surface area (TPSA) is 70.2 Å². The predicted molar refractivity (Wildman–Crippen MR) is 99.2 cm³/mol. The van der Waals surface area contributed by atoms with Crippen LogP contribution in [0.1, 0.15) is 38.2 Å². The lowest BCUT2D eigenvalue weighted by molar-refractivity contribution is -0.124. The van der Waals surface area contributed by atoms with E-state index in [1.165, 1.54) is 0 Å². The summed E-state index contributed by atoms with van der Waals surface area (Å²) in [7, 11) is 1.83. The maximum absolute atomic E-state index is 12.2. The summed E-state index contributed by atoms with van der Waals surface area (Å²) >= 11 is 0. The molecule has 134 valence electrons. The maximum Gasteiger partial charge on any atom is 0.227 e. The second-order valence-electron chi connectivity index (χ2n) is 6.35. The number of anilines is 1. The minimum atomic E-state index is -0.0646. The van der Waals surface area contributed by atoms with Crippen LogP contribution in [0.4, 0.5) is 5.69 Å². The van der Waals surface area contributed by atoms with Crippen molar-refractivity contribution >= 4 is 29.9 Å². The Labute approximate surface area is 150 Å². The lowest BCUT2D eigenvalue weighted by Crippen LogP contribution is -2.33. The molecule has 5 nitrogen and oxygen atoms in total. The fraction of sp³-hybridized carbons (Fsp3) is 0.556. The number of halogens is 1. The van der Waals surface area contributed by atoms with Gasteiger partial charge in [0.2, 0.25) is 11.8 Å². The standard InChI is InChI=1S/C18H27N3O2.ClH/c1-13(11-19-2)17(22)20-12-14-6-5-9-16(10-14)21-18(23)15-7-3-4-8-15;/h5-6,9-10,13,15,19H,3-4,7-8,11-12H2,1-2H3,(H,20,22)(H,21,23);1H. The molecule has 1 aliphatic carbocycles. The van der Waals surface area contributed by atoms with E-state index in [9.17, 15) is 9.59 Å². The Bertz CT molecular complexity index is 545. The maximum atomic E-state index is 12.2. The van der Waals surface area contributed by atoms with Crippen molar-refractivity contribution in [1.29, 1.82) is 0 Å². The molecular weight excluding hydrogens is 326 g/mol. The van der Waals surface area contributed by atoms with Crippen LogP contribution in [-0.2, 0) is 16.1 Å². The zero-order valence-electron chi connectivity index (χ0n) is 14.4. The van der Waals surface area contributed by atoms with Gasteiger partial charge in [-0.2, -0.15) is 0 Å². The van der Waals surface area contributed by atoms with Gasteiger partial charge in [0.1, 0.15) is 0 Å². The second-order valence-corrected chi connectivity index (χ2v) is 6.35. The number of hydrogen-bond acceptors (Lipinski definition) is 3. The first-order valence-corrected chi connectivity index (χ1v) is 8.42. The molecule has 2 amide bonds. The lowest BCUT2D eigenvalue weighted by atomic mass is 10.1. The van der Waals surface area contributed by atoms with Gasteiger partial charge in [0, 0.05) is 30.6 Å². The fourth-order valence-electron chi connectivity index (χ4n) is 2.95. The third-order valence-corrected chi connectivity index (χ3v) is 4.35. The first-order chi connectivity index (χ1) is 11.1. The summed E-state index contributed by atoms with van der Waals surface area (Å²) in [5, 5.41) is 8.92. The van der Waals surface area contributed by atoms with Crippen LogP contribution >= 0.6 is 12.4 Å². The predicted octanol–water partition coefficient (Wildman–Crippen LogP) is 2.71. The Morgan fingerprint density at radius 3 is 2.62 bits per heavy atom. The van der Waals surface area contributed by atoms with Crippen molar-refractivity contribution in [3.05, 3.63) is 29.8 Å². The molecule has 0 heterocycles. The smallest absolute Gasteiger partial charge is 0.227 e. The van der Waals surface area contributed by atoms with Crippen molar-refractivity contribution in [1.82, 2.24) is 10.6 Å². The summed E-state index contributed by atoms with van der Waals surface area (Å²) in [4.78, 5) is 24.1. The second kappa shape index (κ2) is 10.3. The molecule has 1 saturated carbocycles. The largest absolute Gasteiger partial charge is 0.352 e. The van der Waals surface area contributed by atoms with E-state index in [1.807, 2.05) is 38.2 Å². The van der Waals surface area contributed by atoms with Gasteiger partial charge in [-0.25, -0.2) is 0 Å². The van der Waals surface area contributed by atoms with Crippen LogP contribution in [0.2, 0.25) is 0 Å². The van der Waals surface area contributed by atoms with Crippen LogP contribution in [0.5, 0.6) is 0 Å². The summed E-state index contributed by atoms with van der Waals surface area (Å²) in [5.41, 5.74) is 1.79. The van der Waals surface area contributed by atoms with Crippen LogP contribution in [0.3, 0.4) is 0 Å². The molecular formula is C18H28ClN3O2. The monoisotopic (exact) mass is 353 g/mol. The van der Waals surface area contributed by atoms with Gasteiger partial charge in [-0.05, 0) is 37.6 Å². The lowest BCUT2D eigenvalue weighted by Gasteiger charge is -2.13. The van der Waals surface area contributed by atoms with Gasteiger partial charge in [-0.3, -0.25) is 9.59 Å². The van der Waals surface area contributed by atoms with Crippen LogP contribution in [0, 0.1) is 11.8 Å². The zero-order chi connectivity index (χ0) is 16.7. The Kier molecular flexibility index (Phi) is 8.79. The molecule has 2 rings (SSSR count). The summed E-state index contributed by atoms with van der Waals surface area (Å²) in [6.45, 7) is 3.02. The summed E-state index contributed by atoms with van der Waals surface area (Å²) in [5.74, 6) is 0.233. The molecule has 1 unspecified atom stereocenters. The minimum Gasteiger partial charge on any atom is -0.352 e. The number of nitrogens with one attached hydrogen (secondary N) is 3. The number of amides is 2. The summed E-state index contributed by atoms with van der Waals surface area (Å²) < 4.78 is 0. The zero-order valence-corrected chi connectivity index (χ0v) is 15.2. The Hall–Kier alpha value is -1.59. The van der Waals surface area contributed by atoms with E-state index in [4.69, 9.17) is 0 Å². The van der Waals surface area contributed by atoms with Crippen molar-refractivity contribution in [2.75, 3.05) is 18.9 Å². The van der Waals surface area contributed by atoms with Crippen molar-refractivity contribution in [3.63, 3.8) is 0 Å². The number of hydrogen-bond donors (Lipinski definition) is 3. The SMILES string of the molecule is CNCC(C)C(=O)NCc1cccc(NC(=O)C2CCCC2)c1.Cl. The van der Waals surface area contributed by atoms with Crippen molar-refractivity contribution in [3.8, 4) is 0 Å². The molecule has 0 saturated heterocycles. The summed E-state index contributed by atoms with van der Waals surface area (Å²) in [6.07, 6.45) is 4.28. The number of carbonyl (C=O) groups excluding carboxylic acids is 2. The van der Waals surface area contributed by atoms with Gasteiger partial charge in [0.05, 0.1) is 0 Å². The van der Waals surface area contributed by atoms with Gasteiger partial charge < -0.3 is 16.0 Å². The number of benzene rings is 1. The fourth-order valence-corrected chi connectivity index (χ4v) is 2.95. The van der Waals surface area contributed by atoms with E-state index in [0.29, 0.717) is 13.1 Å². The molecule has 0 aromatic heterocycles.